The summed E-state index contributed by atoms with van der Waals surface area (Å²) in [6, 6.07) is 0. The highest BCUT2D eigenvalue weighted by Crippen LogP contribution is 2.34. The van der Waals surface area contributed by atoms with Crippen LogP contribution in [0.3, 0.4) is 0 Å². The number of hydrogen-bond acceptors (Lipinski definition) is 5. The monoisotopic (exact) mass is 358 g/mol. The third kappa shape index (κ3) is 6.17. The Balaban J connectivity index is 2.26. The van der Waals surface area contributed by atoms with Gasteiger partial charge in [-0.15, -0.1) is 0 Å². The molecule has 2 fully saturated rings. The minimum absolute atomic E-state index is 0.0498. The van der Waals surface area contributed by atoms with Crippen molar-refractivity contribution in [3.8, 4) is 0 Å². The molecule has 25 heavy (non-hydrogen) atoms. The molecule has 0 saturated carbocycles. The lowest BCUT2D eigenvalue weighted by Crippen LogP contribution is -2.54. The van der Waals surface area contributed by atoms with E-state index in [1.807, 2.05) is 13.8 Å². The third-order valence-electron chi connectivity index (χ3n) is 4.68. The van der Waals surface area contributed by atoms with E-state index in [1.165, 1.54) is 0 Å². The number of hydrogen-bond donors (Lipinski definition) is 0. The van der Waals surface area contributed by atoms with E-state index in [0.29, 0.717) is 6.61 Å². The first kappa shape index (κ1) is 21.1. The van der Waals surface area contributed by atoms with Crippen molar-refractivity contribution in [2.75, 3.05) is 13.2 Å². The lowest BCUT2D eigenvalue weighted by atomic mass is 9.95. The molecule has 5 nitrogen and oxygen atoms in total. The van der Waals surface area contributed by atoms with Crippen molar-refractivity contribution in [1.82, 2.24) is 0 Å². The van der Waals surface area contributed by atoms with Crippen LogP contribution in [0.5, 0.6) is 0 Å². The van der Waals surface area contributed by atoms with Crippen molar-refractivity contribution in [3.63, 3.8) is 0 Å². The van der Waals surface area contributed by atoms with Gasteiger partial charge in [0.1, 0.15) is 18.3 Å². The molecule has 2 aliphatic heterocycles. The van der Waals surface area contributed by atoms with Crippen molar-refractivity contribution in [2.24, 2.45) is 0 Å². The van der Waals surface area contributed by atoms with Crippen LogP contribution in [0.2, 0.25) is 0 Å². The summed E-state index contributed by atoms with van der Waals surface area (Å²) in [6.07, 6.45) is 2.20. The van der Waals surface area contributed by atoms with Gasteiger partial charge in [-0.05, 0) is 67.7 Å². The summed E-state index contributed by atoms with van der Waals surface area (Å²) in [6.45, 7) is 17.8. The summed E-state index contributed by atoms with van der Waals surface area (Å²) in [5, 5.41) is 0. The predicted octanol–water partition coefficient (Wildman–Crippen LogP) is 4.07. The average Bonchev–Trinajstić information content (AvgIpc) is 2.80. The fourth-order valence-electron chi connectivity index (χ4n) is 3.63. The lowest BCUT2D eigenvalue weighted by molar-refractivity contribution is -0.240. The molecule has 2 aliphatic rings. The van der Waals surface area contributed by atoms with Crippen molar-refractivity contribution in [1.29, 1.82) is 0 Å². The van der Waals surface area contributed by atoms with Gasteiger partial charge < -0.3 is 23.7 Å². The van der Waals surface area contributed by atoms with Crippen LogP contribution in [0.4, 0.5) is 0 Å². The lowest BCUT2D eigenvalue weighted by Gasteiger charge is -2.43. The highest BCUT2D eigenvalue weighted by atomic mass is 16.8. The van der Waals surface area contributed by atoms with Crippen LogP contribution in [0.25, 0.3) is 0 Å². The van der Waals surface area contributed by atoms with E-state index in [4.69, 9.17) is 23.7 Å². The maximum atomic E-state index is 6.56. The first-order chi connectivity index (χ1) is 11.4. The predicted molar refractivity (Wildman–Crippen MR) is 97.7 cm³/mol. The van der Waals surface area contributed by atoms with Gasteiger partial charge in [0.25, 0.3) is 0 Å². The highest BCUT2D eigenvalue weighted by molar-refractivity contribution is 4.92. The Labute approximate surface area is 153 Å². The molecule has 0 bridgehead atoms. The van der Waals surface area contributed by atoms with E-state index in [1.54, 1.807) is 0 Å². The molecule has 0 spiro atoms. The summed E-state index contributed by atoms with van der Waals surface area (Å²) in [7, 11) is 0. The minimum atomic E-state index is -0.586. The summed E-state index contributed by atoms with van der Waals surface area (Å²) in [4.78, 5) is 0. The van der Waals surface area contributed by atoms with E-state index in [2.05, 4.69) is 41.5 Å². The van der Waals surface area contributed by atoms with Crippen LogP contribution >= 0.6 is 0 Å². The SMILES string of the molecule is CCC(OC(C)(C)C)C1OCCCC(C)(C)OC1C1COC(C)(C)O1. The Bertz CT molecular complexity index is 426. The molecule has 4 atom stereocenters. The third-order valence-corrected chi connectivity index (χ3v) is 4.68. The van der Waals surface area contributed by atoms with Crippen molar-refractivity contribution in [3.05, 3.63) is 0 Å². The molecule has 4 unspecified atom stereocenters. The van der Waals surface area contributed by atoms with Crippen molar-refractivity contribution >= 4 is 0 Å². The van der Waals surface area contributed by atoms with E-state index in [0.717, 1.165) is 25.9 Å². The molecule has 0 aromatic heterocycles. The first-order valence-corrected chi connectivity index (χ1v) is 9.71. The summed E-state index contributed by atoms with van der Waals surface area (Å²) in [5.41, 5.74) is -0.457. The topological polar surface area (TPSA) is 46.2 Å². The molecule has 0 aromatic carbocycles. The standard InChI is InChI=1S/C20H38O5/c1-9-14(23-18(2,3)4)16-17(15-13-22-20(7,8)24-15)25-19(5,6)11-10-12-21-16/h14-17H,9-13H2,1-8H3. The van der Waals surface area contributed by atoms with Gasteiger partial charge in [-0.1, -0.05) is 6.92 Å². The number of ether oxygens (including phenoxy) is 5. The van der Waals surface area contributed by atoms with Gasteiger partial charge in [0.15, 0.2) is 5.79 Å². The highest BCUT2D eigenvalue weighted by Gasteiger charge is 2.47. The van der Waals surface area contributed by atoms with Crippen molar-refractivity contribution < 1.29 is 23.7 Å². The summed E-state index contributed by atoms with van der Waals surface area (Å²) < 4.78 is 31.1. The zero-order valence-electron chi connectivity index (χ0n) is 17.4. The molecular formula is C20H38O5. The van der Waals surface area contributed by atoms with E-state index >= 15 is 0 Å². The molecule has 0 N–H and O–H groups in total. The number of rotatable bonds is 4. The summed E-state index contributed by atoms with van der Waals surface area (Å²) in [5.74, 6) is -0.586. The van der Waals surface area contributed by atoms with Crippen LogP contribution in [-0.4, -0.2) is 54.6 Å². The largest absolute Gasteiger partial charge is 0.373 e. The van der Waals surface area contributed by atoms with Gasteiger partial charge in [0.2, 0.25) is 0 Å². The van der Waals surface area contributed by atoms with Gasteiger partial charge >= 0.3 is 0 Å². The molecule has 0 aliphatic carbocycles. The van der Waals surface area contributed by atoms with Gasteiger partial charge in [-0.2, -0.15) is 0 Å². The van der Waals surface area contributed by atoms with Gasteiger partial charge in [0, 0.05) is 6.61 Å². The van der Waals surface area contributed by atoms with Crippen LogP contribution < -0.4 is 0 Å². The average molecular weight is 359 g/mol. The van der Waals surface area contributed by atoms with E-state index < -0.39 is 5.79 Å². The Morgan fingerprint density at radius 1 is 1.12 bits per heavy atom. The maximum Gasteiger partial charge on any atom is 0.163 e. The molecule has 0 amide bonds. The quantitative estimate of drug-likeness (QED) is 0.758. The molecule has 5 heteroatoms. The van der Waals surface area contributed by atoms with Crippen LogP contribution in [0.15, 0.2) is 0 Å². The minimum Gasteiger partial charge on any atom is -0.373 e. The smallest absolute Gasteiger partial charge is 0.163 e. The summed E-state index contributed by atoms with van der Waals surface area (Å²) >= 11 is 0. The second-order valence-corrected chi connectivity index (χ2v) is 9.33. The maximum absolute atomic E-state index is 6.56. The Morgan fingerprint density at radius 2 is 1.80 bits per heavy atom. The molecular weight excluding hydrogens is 320 g/mol. The molecule has 0 radical (unpaired) electrons. The zero-order chi connectivity index (χ0) is 18.9. The molecule has 148 valence electrons. The van der Waals surface area contributed by atoms with Crippen molar-refractivity contribution in [2.45, 2.75) is 116 Å². The van der Waals surface area contributed by atoms with E-state index in [-0.39, 0.29) is 35.6 Å². The van der Waals surface area contributed by atoms with Gasteiger partial charge in [-0.25, -0.2) is 0 Å². The van der Waals surface area contributed by atoms with Crippen LogP contribution in [0, 0.1) is 0 Å². The molecule has 0 aromatic rings. The molecule has 2 saturated heterocycles. The fraction of sp³-hybridized carbons (Fsp3) is 1.00. The van der Waals surface area contributed by atoms with E-state index in [9.17, 15) is 0 Å². The van der Waals surface area contributed by atoms with Gasteiger partial charge in [0.05, 0.1) is 23.9 Å². The normalized spacial score (nSPS) is 34.3. The second kappa shape index (κ2) is 7.81. The van der Waals surface area contributed by atoms with Crippen LogP contribution in [0.1, 0.15) is 74.7 Å². The van der Waals surface area contributed by atoms with Gasteiger partial charge in [-0.3, -0.25) is 0 Å². The first-order valence-electron chi connectivity index (χ1n) is 9.71. The second-order valence-electron chi connectivity index (χ2n) is 9.33. The Morgan fingerprint density at radius 3 is 2.32 bits per heavy atom. The zero-order valence-corrected chi connectivity index (χ0v) is 17.4. The molecule has 2 heterocycles. The fourth-order valence-corrected chi connectivity index (χ4v) is 3.63. The Hall–Kier alpha value is -0.200. The Kier molecular flexibility index (Phi) is 6.59. The molecule has 2 rings (SSSR count). The van der Waals surface area contributed by atoms with Crippen LogP contribution in [-0.2, 0) is 23.7 Å².